The normalized spacial score (nSPS) is 17.4. The van der Waals surface area contributed by atoms with Crippen LogP contribution in [0.25, 0.3) is 0 Å². The Bertz CT molecular complexity index is 523. The average Bonchev–Trinajstić information content (AvgIpc) is 2.77. The van der Waals surface area contributed by atoms with Gasteiger partial charge in [0.15, 0.2) is 0 Å². The van der Waals surface area contributed by atoms with E-state index >= 15 is 0 Å². The fourth-order valence-corrected chi connectivity index (χ4v) is 1.86. The molecule has 1 aromatic rings. The maximum atomic E-state index is 11.7. The first-order valence-electron chi connectivity index (χ1n) is 6.27. The number of hydrogen-bond donors (Lipinski definition) is 1. The Hall–Kier alpha value is -2.37. The van der Waals surface area contributed by atoms with Crippen molar-refractivity contribution in [3.8, 4) is 0 Å². The second-order valence-electron chi connectivity index (χ2n) is 4.49. The molecule has 1 amide bonds. The Morgan fingerprint density at radius 2 is 2.05 bits per heavy atom. The van der Waals surface area contributed by atoms with Crippen LogP contribution in [0.3, 0.4) is 0 Å². The van der Waals surface area contributed by atoms with Gasteiger partial charge in [0, 0.05) is 19.0 Å². The largest absolute Gasteiger partial charge is 0.463 e. The summed E-state index contributed by atoms with van der Waals surface area (Å²) in [6.07, 6.45) is -0.294. The molecule has 106 valence electrons. The number of cyclic esters (lactones) is 1. The number of nitrogens with one attached hydrogen (secondary N) is 1. The minimum atomic E-state index is -0.777. The molecule has 0 saturated carbocycles. The molecule has 0 unspecified atom stereocenters. The lowest BCUT2D eigenvalue weighted by Gasteiger charge is -2.08. The van der Waals surface area contributed by atoms with Gasteiger partial charge in [-0.3, -0.25) is 9.59 Å². The molecule has 20 heavy (non-hydrogen) atoms. The van der Waals surface area contributed by atoms with Gasteiger partial charge in [0.1, 0.15) is 0 Å². The standard InChI is InChI=1S/C14H15NO5/c1-9(16)15-11-4-2-10(3-5-11)8-13(17)20-12-6-7-19-14(12)18/h2-5,12H,6-8H2,1H3,(H,15,16)/t12-/m0/s1. The van der Waals surface area contributed by atoms with Crippen LogP contribution in [0.1, 0.15) is 18.9 Å². The van der Waals surface area contributed by atoms with Crippen LogP contribution in [0.15, 0.2) is 24.3 Å². The monoisotopic (exact) mass is 277 g/mol. The van der Waals surface area contributed by atoms with Crippen LogP contribution in [0, 0.1) is 0 Å². The zero-order chi connectivity index (χ0) is 14.5. The molecule has 0 bridgehead atoms. The van der Waals surface area contributed by atoms with Crippen molar-refractivity contribution >= 4 is 23.5 Å². The second kappa shape index (κ2) is 6.18. The number of anilines is 1. The summed E-state index contributed by atoms with van der Waals surface area (Å²) in [6, 6.07) is 6.85. The third-order valence-electron chi connectivity index (χ3n) is 2.78. The number of amides is 1. The van der Waals surface area contributed by atoms with Crippen molar-refractivity contribution in [2.24, 2.45) is 0 Å². The molecule has 2 rings (SSSR count). The van der Waals surface area contributed by atoms with Gasteiger partial charge in [-0.05, 0) is 17.7 Å². The zero-order valence-corrected chi connectivity index (χ0v) is 11.0. The number of rotatable bonds is 4. The number of ether oxygens (including phenoxy) is 2. The third kappa shape index (κ3) is 3.81. The third-order valence-corrected chi connectivity index (χ3v) is 2.78. The quantitative estimate of drug-likeness (QED) is 0.832. The van der Waals surface area contributed by atoms with E-state index in [1.807, 2.05) is 0 Å². The predicted octanol–water partition coefficient (Wildman–Crippen LogP) is 1.05. The first kappa shape index (κ1) is 14.0. The molecule has 0 aliphatic carbocycles. The predicted molar refractivity (Wildman–Crippen MR) is 69.9 cm³/mol. The van der Waals surface area contributed by atoms with Gasteiger partial charge in [-0.25, -0.2) is 4.79 Å². The lowest BCUT2D eigenvalue weighted by atomic mass is 10.1. The van der Waals surface area contributed by atoms with E-state index in [0.29, 0.717) is 18.7 Å². The molecule has 1 atom stereocenters. The van der Waals surface area contributed by atoms with E-state index in [0.717, 1.165) is 5.56 Å². The van der Waals surface area contributed by atoms with Crippen molar-refractivity contribution in [1.29, 1.82) is 0 Å². The summed E-state index contributed by atoms with van der Waals surface area (Å²) in [4.78, 5) is 33.7. The van der Waals surface area contributed by atoms with E-state index in [-0.39, 0.29) is 12.3 Å². The lowest BCUT2D eigenvalue weighted by Crippen LogP contribution is -2.23. The minimum absolute atomic E-state index is 0.0735. The highest BCUT2D eigenvalue weighted by Gasteiger charge is 2.29. The molecule has 1 heterocycles. The summed E-state index contributed by atoms with van der Waals surface area (Å²) in [5, 5.41) is 2.63. The molecule has 1 N–H and O–H groups in total. The molecule has 0 aromatic heterocycles. The van der Waals surface area contributed by atoms with E-state index in [1.165, 1.54) is 6.92 Å². The molecule has 1 aliphatic heterocycles. The van der Waals surface area contributed by atoms with Crippen molar-refractivity contribution in [2.75, 3.05) is 11.9 Å². The van der Waals surface area contributed by atoms with Crippen molar-refractivity contribution in [3.05, 3.63) is 29.8 Å². The van der Waals surface area contributed by atoms with Gasteiger partial charge in [-0.15, -0.1) is 0 Å². The summed E-state index contributed by atoms with van der Waals surface area (Å²) >= 11 is 0. The van der Waals surface area contributed by atoms with E-state index in [1.54, 1.807) is 24.3 Å². The number of hydrogen-bond acceptors (Lipinski definition) is 5. The van der Waals surface area contributed by atoms with Gasteiger partial charge < -0.3 is 14.8 Å². The lowest BCUT2D eigenvalue weighted by molar-refractivity contribution is -0.159. The summed E-state index contributed by atoms with van der Waals surface area (Å²) in [5.41, 5.74) is 1.41. The van der Waals surface area contributed by atoms with Gasteiger partial charge in [0.2, 0.25) is 12.0 Å². The molecular weight excluding hydrogens is 262 g/mol. The Balaban J connectivity index is 1.87. The number of carbonyl (C=O) groups is 3. The van der Waals surface area contributed by atoms with Crippen LogP contribution in [0.4, 0.5) is 5.69 Å². The Kier molecular flexibility index (Phi) is 4.34. The molecule has 1 aromatic carbocycles. The first-order chi connectivity index (χ1) is 9.54. The van der Waals surface area contributed by atoms with Crippen molar-refractivity contribution in [3.63, 3.8) is 0 Å². The highest BCUT2D eigenvalue weighted by molar-refractivity contribution is 5.88. The maximum Gasteiger partial charge on any atom is 0.347 e. The van der Waals surface area contributed by atoms with Crippen LogP contribution in [0.5, 0.6) is 0 Å². The summed E-state index contributed by atoms with van der Waals surface area (Å²) < 4.78 is 9.75. The van der Waals surface area contributed by atoms with E-state index in [2.05, 4.69) is 5.32 Å². The van der Waals surface area contributed by atoms with Gasteiger partial charge in [0.25, 0.3) is 0 Å². The molecule has 6 heteroatoms. The molecule has 6 nitrogen and oxygen atoms in total. The van der Waals surface area contributed by atoms with Gasteiger partial charge in [-0.1, -0.05) is 12.1 Å². The summed E-state index contributed by atoms with van der Waals surface area (Å²) in [6.45, 7) is 1.72. The highest BCUT2D eigenvalue weighted by atomic mass is 16.6. The smallest absolute Gasteiger partial charge is 0.347 e. The van der Waals surface area contributed by atoms with Crippen molar-refractivity contribution in [1.82, 2.24) is 0 Å². The van der Waals surface area contributed by atoms with Crippen LogP contribution in [0.2, 0.25) is 0 Å². The van der Waals surface area contributed by atoms with Crippen LogP contribution in [-0.2, 0) is 30.3 Å². The first-order valence-corrected chi connectivity index (χ1v) is 6.27. The van der Waals surface area contributed by atoms with Crippen LogP contribution in [-0.4, -0.2) is 30.6 Å². The highest BCUT2D eigenvalue weighted by Crippen LogP contribution is 2.13. The van der Waals surface area contributed by atoms with Crippen LogP contribution < -0.4 is 5.32 Å². The summed E-state index contributed by atoms with van der Waals surface area (Å²) in [7, 11) is 0. The second-order valence-corrected chi connectivity index (χ2v) is 4.49. The van der Waals surface area contributed by atoms with Gasteiger partial charge in [0.05, 0.1) is 13.0 Å². The molecule has 0 radical (unpaired) electrons. The zero-order valence-electron chi connectivity index (χ0n) is 11.0. The summed E-state index contributed by atoms with van der Waals surface area (Å²) in [5.74, 6) is -1.11. The average molecular weight is 277 g/mol. The van der Waals surface area contributed by atoms with Crippen LogP contribution >= 0.6 is 0 Å². The number of benzene rings is 1. The van der Waals surface area contributed by atoms with E-state index in [4.69, 9.17) is 9.47 Å². The minimum Gasteiger partial charge on any atom is -0.463 e. The van der Waals surface area contributed by atoms with Gasteiger partial charge in [-0.2, -0.15) is 0 Å². The molecule has 1 saturated heterocycles. The van der Waals surface area contributed by atoms with E-state index < -0.39 is 18.0 Å². The number of esters is 2. The number of carbonyl (C=O) groups excluding carboxylic acids is 3. The fourth-order valence-electron chi connectivity index (χ4n) is 1.86. The SMILES string of the molecule is CC(=O)Nc1ccc(CC(=O)O[C@H]2CCOC2=O)cc1. The molecule has 1 fully saturated rings. The van der Waals surface area contributed by atoms with Gasteiger partial charge >= 0.3 is 11.9 Å². The molecular formula is C14H15NO5. The topological polar surface area (TPSA) is 81.7 Å². The van der Waals surface area contributed by atoms with Crippen molar-refractivity contribution in [2.45, 2.75) is 25.9 Å². The van der Waals surface area contributed by atoms with Crippen molar-refractivity contribution < 1.29 is 23.9 Å². The Morgan fingerprint density at radius 1 is 1.35 bits per heavy atom. The molecule has 0 spiro atoms. The van der Waals surface area contributed by atoms with E-state index in [9.17, 15) is 14.4 Å². The molecule has 1 aliphatic rings. The maximum absolute atomic E-state index is 11.7. The Morgan fingerprint density at radius 3 is 2.60 bits per heavy atom. The fraction of sp³-hybridized carbons (Fsp3) is 0.357. The Labute approximate surface area is 116 Å².